The number of piperazine rings is 1. The van der Waals surface area contributed by atoms with E-state index in [2.05, 4.69) is 61.2 Å². The summed E-state index contributed by atoms with van der Waals surface area (Å²) in [6, 6.07) is 9.04. The molecule has 3 aromatic rings. The van der Waals surface area contributed by atoms with Crippen LogP contribution < -0.4 is 10.2 Å². The van der Waals surface area contributed by atoms with E-state index in [9.17, 15) is 0 Å². The summed E-state index contributed by atoms with van der Waals surface area (Å²) in [6.07, 6.45) is 8.68. The molecule has 7 nitrogen and oxygen atoms in total. The maximum Gasteiger partial charge on any atom is 0.229 e. The van der Waals surface area contributed by atoms with Crippen LogP contribution in [-0.4, -0.2) is 57.9 Å². The molecule has 2 aromatic heterocycles. The largest absolute Gasteiger partial charge is 0.369 e. The van der Waals surface area contributed by atoms with Gasteiger partial charge in [-0.05, 0) is 44.2 Å². The summed E-state index contributed by atoms with van der Waals surface area (Å²) in [5.74, 6) is 0.625. The molecule has 0 spiro atoms. The van der Waals surface area contributed by atoms with Crippen molar-refractivity contribution >= 4 is 28.4 Å². The van der Waals surface area contributed by atoms with Crippen LogP contribution in [0.25, 0.3) is 11.0 Å². The Bertz CT molecular complexity index is 935. The summed E-state index contributed by atoms with van der Waals surface area (Å²) in [5, 5.41) is 8.93. The molecule has 1 saturated heterocycles. The second kappa shape index (κ2) is 7.39. The van der Waals surface area contributed by atoms with E-state index in [0.717, 1.165) is 42.9 Å². The number of hydrogen-bond donors (Lipinski definition) is 1. The number of anilines is 3. The number of nitrogens with zero attached hydrogens (tertiary/aromatic N) is 6. The Hall–Kier alpha value is -2.67. The van der Waals surface area contributed by atoms with Crippen LogP contribution in [0, 0.1) is 0 Å². The van der Waals surface area contributed by atoms with Crippen molar-refractivity contribution in [3.05, 3.63) is 36.7 Å². The van der Waals surface area contributed by atoms with E-state index in [4.69, 9.17) is 4.98 Å². The van der Waals surface area contributed by atoms with Gasteiger partial charge in [0.25, 0.3) is 0 Å². The van der Waals surface area contributed by atoms with Crippen molar-refractivity contribution in [3.63, 3.8) is 0 Å². The van der Waals surface area contributed by atoms with Crippen molar-refractivity contribution in [1.82, 2.24) is 24.6 Å². The number of hydrogen-bond acceptors (Lipinski definition) is 6. The van der Waals surface area contributed by atoms with Gasteiger partial charge in [0, 0.05) is 43.8 Å². The number of likely N-dealkylation sites (N-methyl/N-ethyl adjacent to an activating group) is 1. The lowest BCUT2D eigenvalue weighted by molar-refractivity contribution is 0.313. The van der Waals surface area contributed by atoms with Gasteiger partial charge in [-0.25, -0.2) is 9.67 Å². The van der Waals surface area contributed by atoms with Crippen LogP contribution in [-0.2, 0) is 0 Å². The Balaban J connectivity index is 1.32. The highest BCUT2D eigenvalue weighted by Gasteiger charge is 2.20. The molecule has 1 aliphatic carbocycles. The number of fused-ring (bicyclic) bond motifs is 1. The topological polar surface area (TPSA) is 62.1 Å². The van der Waals surface area contributed by atoms with Crippen LogP contribution in [0.2, 0.25) is 0 Å². The fraction of sp³-hybridized carbons (Fsp3) is 0.476. The number of benzene rings is 1. The Kier molecular flexibility index (Phi) is 4.60. The van der Waals surface area contributed by atoms with Crippen LogP contribution in [0.3, 0.4) is 0 Å². The SMILES string of the molecule is CN1CCN(c2ccc(Nc3ncc4cnn(C5CCCC5)c4n3)cc2)CC1. The minimum atomic E-state index is 0.475. The maximum absolute atomic E-state index is 4.76. The molecule has 1 aromatic carbocycles. The van der Waals surface area contributed by atoms with Crippen molar-refractivity contribution in [3.8, 4) is 0 Å². The average molecular weight is 377 g/mol. The highest BCUT2D eigenvalue weighted by atomic mass is 15.3. The van der Waals surface area contributed by atoms with Gasteiger partial charge in [0.2, 0.25) is 5.95 Å². The summed E-state index contributed by atoms with van der Waals surface area (Å²) in [6.45, 7) is 4.38. The van der Waals surface area contributed by atoms with E-state index in [1.54, 1.807) is 0 Å². The zero-order valence-corrected chi connectivity index (χ0v) is 16.4. The Morgan fingerprint density at radius 3 is 2.46 bits per heavy atom. The first-order valence-corrected chi connectivity index (χ1v) is 10.3. The molecule has 1 aliphatic heterocycles. The molecule has 2 fully saturated rings. The Morgan fingerprint density at radius 1 is 0.964 bits per heavy atom. The molecule has 7 heteroatoms. The zero-order chi connectivity index (χ0) is 18.9. The highest BCUT2D eigenvalue weighted by molar-refractivity contribution is 5.75. The molecule has 1 saturated carbocycles. The fourth-order valence-electron chi connectivity index (χ4n) is 4.26. The molecule has 3 heterocycles. The van der Waals surface area contributed by atoms with E-state index < -0.39 is 0 Å². The number of nitrogens with one attached hydrogen (secondary N) is 1. The third kappa shape index (κ3) is 3.42. The van der Waals surface area contributed by atoms with E-state index >= 15 is 0 Å². The molecular weight excluding hydrogens is 350 g/mol. The van der Waals surface area contributed by atoms with Gasteiger partial charge in [0.1, 0.15) is 0 Å². The van der Waals surface area contributed by atoms with E-state index in [1.807, 2.05) is 12.4 Å². The summed E-state index contributed by atoms with van der Waals surface area (Å²) >= 11 is 0. The first kappa shape index (κ1) is 17.4. The summed E-state index contributed by atoms with van der Waals surface area (Å²) in [7, 11) is 2.18. The van der Waals surface area contributed by atoms with Crippen LogP contribution >= 0.6 is 0 Å². The van der Waals surface area contributed by atoms with Crippen LogP contribution in [0.1, 0.15) is 31.7 Å². The minimum absolute atomic E-state index is 0.475. The summed E-state index contributed by atoms with van der Waals surface area (Å²) < 4.78 is 2.09. The van der Waals surface area contributed by atoms with Crippen molar-refractivity contribution in [2.24, 2.45) is 0 Å². The van der Waals surface area contributed by atoms with Crippen molar-refractivity contribution in [1.29, 1.82) is 0 Å². The highest BCUT2D eigenvalue weighted by Crippen LogP contribution is 2.31. The molecular formula is C21H27N7. The smallest absolute Gasteiger partial charge is 0.229 e. The summed E-state index contributed by atoms with van der Waals surface area (Å²) in [4.78, 5) is 14.0. The Labute approximate surface area is 165 Å². The van der Waals surface area contributed by atoms with Gasteiger partial charge in [-0.15, -0.1) is 0 Å². The van der Waals surface area contributed by atoms with Crippen LogP contribution in [0.15, 0.2) is 36.7 Å². The van der Waals surface area contributed by atoms with Crippen molar-refractivity contribution in [2.75, 3.05) is 43.4 Å². The minimum Gasteiger partial charge on any atom is -0.369 e. The van der Waals surface area contributed by atoms with Gasteiger partial charge in [-0.3, -0.25) is 0 Å². The van der Waals surface area contributed by atoms with Gasteiger partial charge in [-0.2, -0.15) is 10.1 Å². The van der Waals surface area contributed by atoms with E-state index in [1.165, 1.54) is 31.4 Å². The van der Waals surface area contributed by atoms with Crippen molar-refractivity contribution < 1.29 is 0 Å². The third-order valence-corrected chi connectivity index (χ3v) is 6.00. The van der Waals surface area contributed by atoms with Gasteiger partial charge in [0.15, 0.2) is 5.65 Å². The predicted molar refractivity (Wildman–Crippen MR) is 112 cm³/mol. The average Bonchev–Trinajstić information content (AvgIpc) is 3.38. The first-order chi connectivity index (χ1) is 13.8. The lowest BCUT2D eigenvalue weighted by Gasteiger charge is -2.34. The molecule has 146 valence electrons. The number of aromatic nitrogens is 4. The van der Waals surface area contributed by atoms with Crippen molar-refractivity contribution in [2.45, 2.75) is 31.7 Å². The third-order valence-electron chi connectivity index (χ3n) is 6.00. The standard InChI is InChI=1S/C21H27N7/c1-26-10-12-27(13-11-26)18-8-6-17(7-9-18)24-21-22-14-16-15-23-28(20(16)25-21)19-4-2-3-5-19/h6-9,14-15,19H,2-5,10-13H2,1H3,(H,22,24,25). The lowest BCUT2D eigenvalue weighted by Crippen LogP contribution is -2.44. The maximum atomic E-state index is 4.76. The fourth-order valence-corrected chi connectivity index (χ4v) is 4.26. The molecule has 0 unspecified atom stereocenters. The molecule has 2 aliphatic rings. The van der Waals surface area contributed by atoms with Gasteiger partial charge in [0.05, 0.1) is 17.6 Å². The molecule has 0 amide bonds. The van der Waals surface area contributed by atoms with E-state index in [-0.39, 0.29) is 0 Å². The van der Waals surface area contributed by atoms with Crippen LogP contribution in [0.4, 0.5) is 17.3 Å². The first-order valence-electron chi connectivity index (χ1n) is 10.3. The van der Waals surface area contributed by atoms with Gasteiger partial charge < -0.3 is 15.1 Å². The number of rotatable bonds is 4. The second-order valence-corrected chi connectivity index (χ2v) is 7.96. The van der Waals surface area contributed by atoms with Crippen LogP contribution in [0.5, 0.6) is 0 Å². The monoisotopic (exact) mass is 377 g/mol. The quantitative estimate of drug-likeness (QED) is 0.752. The van der Waals surface area contributed by atoms with Gasteiger partial charge >= 0.3 is 0 Å². The lowest BCUT2D eigenvalue weighted by atomic mass is 10.2. The van der Waals surface area contributed by atoms with E-state index in [0.29, 0.717) is 12.0 Å². The molecule has 0 atom stereocenters. The molecule has 5 rings (SSSR count). The molecule has 0 bridgehead atoms. The normalized spacial score (nSPS) is 18.8. The predicted octanol–water partition coefficient (Wildman–Crippen LogP) is 3.44. The molecule has 1 N–H and O–H groups in total. The molecule has 0 radical (unpaired) electrons. The Morgan fingerprint density at radius 2 is 1.71 bits per heavy atom. The van der Waals surface area contributed by atoms with Gasteiger partial charge in [-0.1, -0.05) is 12.8 Å². The second-order valence-electron chi connectivity index (χ2n) is 7.96. The summed E-state index contributed by atoms with van der Waals surface area (Å²) in [5.41, 5.74) is 3.21. The molecule has 28 heavy (non-hydrogen) atoms. The zero-order valence-electron chi connectivity index (χ0n) is 16.4.